The van der Waals surface area contributed by atoms with Gasteiger partial charge in [-0.2, -0.15) is 0 Å². The summed E-state index contributed by atoms with van der Waals surface area (Å²) in [5.74, 6) is -0.623. The number of thiophene rings is 1. The van der Waals surface area contributed by atoms with E-state index in [1.54, 1.807) is 24.4 Å². The molecule has 0 aliphatic heterocycles. The van der Waals surface area contributed by atoms with Crippen molar-refractivity contribution in [1.29, 1.82) is 0 Å². The minimum Gasteiger partial charge on any atom is -0.496 e. The minimum absolute atomic E-state index is 0.0432. The van der Waals surface area contributed by atoms with Crippen LogP contribution in [0.3, 0.4) is 0 Å². The number of halogens is 3. The van der Waals surface area contributed by atoms with Crippen molar-refractivity contribution in [2.24, 2.45) is 5.92 Å². The Morgan fingerprint density at radius 3 is 2.46 bits per heavy atom. The second-order valence-electron chi connectivity index (χ2n) is 9.93. The van der Waals surface area contributed by atoms with E-state index < -0.39 is 11.6 Å². The van der Waals surface area contributed by atoms with Crippen molar-refractivity contribution in [3.63, 3.8) is 0 Å². The van der Waals surface area contributed by atoms with Crippen LogP contribution in [0.25, 0.3) is 21.2 Å². The molecule has 1 fully saturated rings. The number of hydrogen-bond acceptors (Lipinski definition) is 5. The van der Waals surface area contributed by atoms with Crippen molar-refractivity contribution in [1.82, 2.24) is 15.2 Å². The van der Waals surface area contributed by atoms with E-state index in [4.69, 9.17) is 16.3 Å². The lowest BCUT2D eigenvalue weighted by Gasteiger charge is -2.33. The van der Waals surface area contributed by atoms with Gasteiger partial charge in [0.15, 0.2) is 0 Å². The monoisotopic (exact) mass is 569 g/mol. The molecular weight excluding hydrogens is 540 g/mol. The fraction of sp³-hybridized carbons (Fsp3) is 0.333. The molecule has 0 saturated heterocycles. The summed E-state index contributed by atoms with van der Waals surface area (Å²) in [5, 5.41) is 3.26. The zero-order chi connectivity index (χ0) is 27.5. The fourth-order valence-corrected chi connectivity index (χ4v) is 6.89. The maximum absolute atomic E-state index is 14.6. The summed E-state index contributed by atoms with van der Waals surface area (Å²) in [4.78, 5) is 20.1. The molecule has 0 bridgehead atoms. The summed E-state index contributed by atoms with van der Waals surface area (Å²) in [5.41, 5.74) is 2.80. The number of aromatic nitrogens is 1. The minimum atomic E-state index is -0.643. The van der Waals surface area contributed by atoms with Gasteiger partial charge < -0.3 is 15.0 Å². The highest BCUT2D eigenvalue weighted by Gasteiger charge is 2.29. The largest absolute Gasteiger partial charge is 0.496 e. The highest BCUT2D eigenvalue weighted by Crippen LogP contribution is 2.40. The Hall–Kier alpha value is -3.07. The van der Waals surface area contributed by atoms with Gasteiger partial charge in [-0.3, -0.25) is 9.78 Å². The van der Waals surface area contributed by atoms with Crippen molar-refractivity contribution in [3.8, 4) is 16.9 Å². The first-order valence-corrected chi connectivity index (χ1v) is 14.2. The van der Waals surface area contributed by atoms with Crippen LogP contribution >= 0.6 is 22.9 Å². The number of methoxy groups -OCH3 is 1. The molecule has 39 heavy (non-hydrogen) atoms. The maximum atomic E-state index is 14.6. The van der Waals surface area contributed by atoms with Crippen LogP contribution in [-0.4, -0.2) is 42.5 Å². The lowest BCUT2D eigenvalue weighted by molar-refractivity contribution is 0.0698. The Morgan fingerprint density at radius 1 is 1.08 bits per heavy atom. The molecular formula is C30H30ClF2N3O2S. The van der Waals surface area contributed by atoms with Crippen LogP contribution in [-0.2, 0) is 6.54 Å². The van der Waals surface area contributed by atoms with E-state index in [2.05, 4.69) is 10.3 Å². The van der Waals surface area contributed by atoms with Gasteiger partial charge in [-0.15, -0.1) is 11.3 Å². The van der Waals surface area contributed by atoms with E-state index in [0.717, 1.165) is 65.8 Å². The quantitative estimate of drug-likeness (QED) is 0.241. The van der Waals surface area contributed by atoms with E-state index >= 15 is 0 Å². The number of rotatable bonds is 8. The van der Waals surface area contributed by atoms with Gasteiger partial charge in [-0.1, -0.05) is 17.7 Å². The lowest BCUT2D eigenvalue weighted by Crippen LogP contribution is -2.38. The molecule has 9 heteroatoms. The van der Waals surface area contributed by atoms with E-state index in [9.17, 15) is 13.6 Å². The third kappa shape index (κ3) is 5.78. The second kappa shape index (κ2) is 12.0. The predicted octanol–water partition coefficient (Wildman–Crippen LogP) is 7.32. The Balaban J connectivity index is 1.52. The molecule has 0 atom stereocenters. The van der Waals surface area contributed by atoms with E-state index in [1.165, 1.54) is 0 Å². The van der Waals surface area contributed by atoms with Crippen LogP contribution < -0.4 is 10.1 Å². The van der Waals surface area contributed by atoms with Gasteiger partial charge in [0.25, 0.3) is 5.91 Å². The Bertz CT molecular complexity index is 1470. The van der Waals surface area contributed by atoms with Gasteiger partial charge in [0.2, 0.25) is 0 Å². The topological polar surface area (TPSA) is 54.5 Å². The van der Waals surface area contributed by atoms with Gasteiger partial charge in [-0.25, -0.2) is 8.78 Å². The molecule has 204 valence electrons. The van der Waals surface area contributed by atoms with Gasteiger partial charge in [0, 0.05) is 37.1 Å². The van der Waals surface area contributed by atoms with Gasteiger partial charge in [0.05, 0.1) is 22.2 Å². The lowest BCUT2D eigenvalue weighted by atomic mass is 9.85. The standard InChI is InChI=1S/C30H30ClF2N3O2S/c1-34-22-6-3-18(4-7-22)16-36(30(37)29-27(31)26-23(32)8-9-24(33)28(26)39-29)17-21-15-20(5-10-25(21)38-2)19-11-13-35-14-12-19/h5,8-15,18,22,34H,3-4,6-7,16-17H2,1-2H3. The summed E-state index contributed by atoms with van der Waals surface area (Å²) in [6.45, 7) is 0.774. The van der Waals surface area contributed by atoms with Crippen LogP contribution in [0.15, 0.2) is 54.9 Å². The highest BCUT2D eigenvalue weighted by atomic mass is 35.5. The van der Waals surface area contributed by atoms with Crippen molar-refractivity contribution in [3.05, 3.63) is 82.0 Å². The van der Waals surface area contributed by atoms with E-state index in [1.807, 2.05) is 37.4 Å². The van der Waals surface area contributed by atoms with Gasteiger partial charge >= 0.3 is 0 Å². The van der Waals surface area contributed by atoms with Crippen LogP contribution in [0.5, 0.6) is 5.75 Å². The Labute approximate surface area is 235 Å². The van der Waals surface area contributed by atoms with Crippen LogP contribution in [0, 0.1) is 17.6 Å². The first kappa shape index (κ1) is 27.5. The Morgan fingerprint density at radius 2 is 1.79 bits per heavy atom. The smallest absolute Gasteiger partial charge is 0.265 e. The zero-order valence-corrected chi connectivity index (χ0v) is 23.4. The molecule has 1 amide bonds. The third-order valence-electron chi connectivity index (χ3n) is 7.55. The average molecular weight is 570 g/mol. The molecule has 2 aromatic carbocycles. The van der Waals surface area contributed by atoms with E-state index in [0.29, 0.717) is 24.3 Å². The molecule has 5 rings (SSSR count). The average Bonchev–Trinajstić information content (AvgIpc) is 3.33. The van der Waals surface area contributed by atoms with Crippen molar-refractivity contribution < 1.29 is 18.3 Å². The molecule has 4 aromatic rings. The molecule has 1 aliphatic rings. The molecule has 5 nitrogen and oxygen atoms in total. The number of ether oxygens (including phenoxy) is 1. The summed E-state index contributed by atoms with van der Waals surface area (Å²) >= 11 is 7.44. The summed E-state index contributed by atoms with van der Waals surface area (Å²) < 4.78 is 34.9. The van der Waals surface area contributed by atoms with Crippen LogP contribution in [0.1, 0.15) is 40.9 Å². The van der Waals surface area contributed by atoms with E-state index in [-0.39, 0.29) is 32.4 Å². The number of nitrogens with zero attached hydrogens (tertiary/aromatic N) is 2. The molecule has 1 aliphatic carbocycles. The van der Waals surface area contributed by atoms with Gasteiger partial charge in [0.1, 0.15) is 22.3 Å². The number of pyridine rings is 1. The summed E-state index contributed by atoms with van der Waals surface area (Å²) in [6.07, 6.45) is 7.49. The third-order valence-corrected chi connectivity index (χ3v) is 9.23. The first-order chi connectivity index (χ1) is 18.9. The SMILES string of the molecule is CNC1CCC(CN(Cc2cc(-c3ccncc3)ccc2OC)C(=O)c2sc3c(F)ccc(F)c3c2Cl)CC1. The highest BCUT2D eigenvalue weighted by molar-refractivity contribution is 7.21. The maximum Gasteiger partial charge on any atom is 0.265 e. The molecule has 0 unspecified atom stereocenters. The molecule has 2 heterocycles. The van der Waals surface area contributed by atoms with Crippen molar-refractivity contribution >= 4 is 38.9 Å². The number of amides is 1. The number of carbonyl (C=O) groups is 1. The molecule has 0 spiro atoms. The van der Waals surface area contributed by atoms with Crippen LogP contribution in [0.2, 0.25) is 5.02 Å². The van der Waals surface area contributed by atoms with Crippen molar-refractivity contribution in [2.45, 2.75) is 38.3 Å². The molecule has 1 N–H and O–H groups in total. The second-order valence-corrected chi connectivity index (χ2v) is 11.3. The molecule has 1 saturated carbocycles. The zero-order valence-electron chi connectivity index (χ0n) is 21.8. The first-order valence-electron chi connectivity index (χ1n) is 13.0. The normalized spacial score (nSPS) is 17.4. The number of benzene rings is 2. The number of carbonyl (C=O) groups excluding carboxylic acids is 1. The predicted molar refractivity (Wildman–Crippen MR) is 153 cm³/mol. The number of hydrogen-bond donors (Lipinski definition) is 1. The van der Waals surface area contributed by atoms with Gasteiger partial charge in [-0.05, 0) is 86.2 Å². The van der Waals surface area contributed by atoms with Crippen LogP contribution in [0.4, 0.5) is 8.78 Å². The number of nitrogens with one attached hydrogen (secondary N) is 1. The number of fused-ring (bicyclic) bond motifs is 1. The summed E-state index contributed by atoms with van der Waals surface area (Å²) in [6, 6.07) is 12.3. The summed E-state index contributed by atoms with van der Waals surface area (Å²) in [7, 11) is 3.58. The molecule has 2 aromatic heterocycles. The molecule has 0 radical (unpaired) electrons. The fourth-order valence-electron chi connectivity index (χ4n) is 5.38. The van der Waals surface area contributed by atoms with Crippen molar-refractivity contribution in [2.75, 3.05) is 20.7 Å². The Kier molecular flexibility index (Phi) is 8.45.